The van der Waals surface area contributed by atoms with Crippen molar-refractivity contribution >= 4 is 17.4 Å². The van der Waals surface area contributed by atoms with Crippen molar-refractivity contribution in [3.63, 3.8) is 0 Å². The number of nitrogens with two attached hydrogens (primary N) is 1. The third kappa shape index (κ3) is 5.25. The van der Waals surface area contributed by atoms with E-state index < -0.39 is 5.97 Å². The molecule has 0 atom stereocenters. The molecule has 0 aliphatic heterocycles. The molecule has 0 aliphatic carbocycles. The van der Waals surface area contributed by atoms with Gasteiger partial charge in [-0.25, -0.2) is 0 Å². The number of aliphatic carboxylic acids is 1. The Morgan fingerprint density at radius 1 is 0.955 bits per heavy atom. The first-order chi connectivity index (χ1) is 9.09. The summed E-state index contributed by atoms with van der Waals surface area (Å²) in [6, 6.07) is 13.5. The number of ketones is 1. The van der Waals surface area contributed by atoms with Gasteiger partial charge in [-0.2, -0.15) is 0 Å². The van der Waals surface area contributed by atoms with Crippen molar-refractivity contribution in [1.29, 1.82) is 0 Å². The number of carboxylic acid groups (broad SMARTS) is 1. The predicted molar refractivity (Wildman–Crippen MR) is 76.7 cm³/mol. The monoisotopic (exact) mass is 313 g/mol. The molecule has 7 heteroatoms. The van der Waals surface area contributed by atoms with Crippen molar-refractivity contribution in [2.45, 2.75) is 6.42 Å². The van der Waals surface area contributed by atoms with Crippen molar-refractivity contribution < 1.29 is 55.2 Å². The number of anilines is 1. The first-order valence-electron chi connectivity index (χ1n) is 5.76. The normalized spacial score (nSPS) is 8.73. The number of carbonyl (C=O) groups is 2. The number of carboxylic acids is 1. The van der Waals surface area contributed by atoms with E-state index in [-0.39, 0.29) is 58.4 Å². The van der Waals surface area contributed by atoms with Gasteiger partial charge in [0.15, 0.2) is 5.78 Å². The minimum absolute atomic E-state index is 0. The SMILES string of the molecule is Nc1c(CC(=O)[O-])cccc1C(=O)c1ccccc1.O.O.[Na+]. The molecule has 0 spiro atoms. The second-order valence-electron chi connectivity index (χ2n) is 4.12. The first kappa shape index (κ1) is 22.6. The molecule has 0 amide bonds. The first-order valence-corrected chi connectivity index (χ1v) is 5.76. The van der Waals surface area contributed by atoms with E-state index in [0.717, 1.165) is 0 Å². The van der Waals surface area contributed by atoms with Crippen LogP contribution in [0.1, 0.15) is 21.5 Å². The standard InChI is InChI=1S/C15H13NO3.Na.2H2O/c16-14-11(9-13(17)18)7-4-8-12(14)15(19)10-5-2-1-3-6-10;;;/h1-8H,9,16H2,(H,17,18);;2*1H2/q;+1;;/p-1. The Balaban J connectivity index is 0. The maximum absolute atomic E-state index is 12.3. The Bertz CT molecular complexity index is 631. The fraction of sp³-hybridized carbons (Fsp3) is 0.0667. The maximum Gasteiger partial charge on any atom is 1.00 e. The Morgan fingerprint density at radius 2 is 1.55 bits per heavy atom. The van der Waals surface area contributed by atoms with Gasteiger partial charge in [0.25, 0.3) is 0 Å². The summed E-state index contributed by atoms with van der Waals surface area (Å²) >= 11 is 0. The number of rotatable bonds is 4. The van der Waals surface area contributed by atoms with Crippen LogP contribution in [0.15, 0.2) is 48.5 Å². The van der Waals surface area contributed by atoms with E-state index in [1.807, 2.05) is 6.07 Å². The van der Waals surface area contributed by atoms with E-state index >= 15 is 0 Å². The van der Waals surface area contributed by atoms with Gasteiger partial charge in [-0.15, -0.1) is 0 Å². The number of hydrogen-bond donors (Lipinski definition) is 1. The van der Waals surface area contributed by atoms with Crippen molar-refractivity contribution in [1.82, 2.24) is 0 Å². The van der Waals surface area contributed by atoms with Crippen LogP contribution in [0.3, 0.4) is 0 Å². The molecule has 0 aliphatic rings. The number of carbonyl (C=O) groups excluding carboxylic acids is 2. The van der Waals surface area contributed by atoms with Crippen LogP contribution < -0.4 is 40.4 Å². The number of benzene rings is 2. The van der Waals surface area contributed by atoms with Crippen molar-refractivity contribution in [2.24, 2.45) is 0 Å². The quantitative estimate of drug-likeness (QED) is 0.349. The van der Waals surface area contributed by atoms with E-state index in [2.05, 4.69) is 0 Å². The number of para-hydroxylation sites is 1. The van der Waals surface area contributed by atoms with Gasteiger partial charge in [-0.1, -0.05) is 42.5 Å². The van der Waals surface area contributed by atoms with Gasteiger partial charge in [-0.05, 0) is 11.6 Å². The molecule has 2 aromatic carbocycles. The van der Waals surface area contributed by atoms with Gasteiger partial charge in [0.2, 0.25) is 0 Å². The van der Waals surface area contributed by atoms with Crippen LogP contribution in [-0.2, 0) is 11.2 Å². The summed E-state index contributed by atoms with van der Waals surface area (Å²) in [5, 5.41) is 10.6. The minimum atomic E-state index is -1.23. The van der Waals surface area contributed by atoms with Crippen LogP contribution in [-0.4, -0.2) is 22.7 Å². The van der Waals surface area contributed by atoms with Crippen molar-refractivity contribution in [3.8, 4) is 0 Å². The number of nitrogen functional groups attached to an aromatic ring is 1. The van der Waals surface area contributed by atoms with Gasteiger partial charge in [0.05, 0.1) is 0 Å². The second kappa shape index (κ2) is 10.1. The molecule has 0 unspecified atom stereocenters. The molecule has 0 fully saturated rings. The second-order valence-corrected chi connectivity index (χ2v) is 4.12. The van der Waals surface area contributed by atoms with Gasteiger partial charge < -0.3 is 26.6 Å². The molecule has 112 valence electrons. The molecule has 2 aromatic rings. The summed E-state index contributed by atoms with van der Waals surface area (Å²) in [7, 11) is 0. The molecule has 22 heavy (non-hydrogen) atoms. The molecule has 6 N–H and O–H groups in total. The molecule has 0 saturated carbocycles. The third-order valence-electron chi connectivity index (χ3n) is 2.81. The van der Waals surface area contributed by atoms with Crippen LogP contribution in [0.5, 0.6) is 0 Å². The van der Waals surface area contributed by atoms with Gasteiger partial charge in [-0.3, -0.25) is 4.79 Å². The van der Waals surface area contributed by atoms with Crippen molar-refractivity contribution in [2.75, 3.05) is 5.73 Å². The van der Waals surface area contributed by atoms with Crippen molar-refractivity contribution in [3.05, 3.63) is 65.2 Å². The van der Waals surface area contributed by atoms with E-state index in [4.69, 9.17) is 5.73 Å². The van der Waals surface area contributed by atoms with Crippen LogP contribution in [0.2, 0.25) is 0 Å². The Labute approximate surface area is 149 Å². The Kier molecular flexibility index (Phi) is 10.4. The zero-order valence-electron chi connectivity index (χ0n) is 12.1. The average Bonchev–Trinajstić information content (AvgIpc) is 2.41. The molecular formula is C15H16NNaO5. The molecule has 0 radical (unpaired) electrons. The van der Waals surface area contributed by atoms with E-state index in [9.17, 15) is 14.7 Å². The fourth-order valence-corrected chi connectivity index (χ4v) is 1.87. The average molecular weight is 313 g/mol. The number of hydrogen-bond acceptors (Lipinski definition) is 4. The molecule has 0 aromatic heterocycles. The zero-order chi connectivity index (χ0) is 13.8. The molecule has 0 saturated heterocycles. The maximum atomic E-state index is 12.3. The van der Waals surface area contributed by atoms with E-state index in [1.165, 1.54) is 0 Å². The summed E-state index contributed by atoms with van der Waals surface area (Å²) in [4.78, 5) is 22.9. The van der Waals surface area contributed by atoms with Crippen LogP contribution in [0, 0.1) is 0 Å². The molecule has 2 rings (SSSR count). The Morgan fingerprint density at radius 3 is 2.09 bits per heavy atom. The summed E-state index contributed by atoms with van der Waals surface area (Å²) < 4.78 is 0. The third-order valence-corrected chi connectivity index (χ3v) is 2.81. The summed E-state index contributed by atoms with van der Waals surface area (Å²) in [6.45, 7) is 0. The summed E-state index contributed by atoms with van der Waals surface area (Å²) in [5.41, 5.74) is 7.27. The predicted octanol–water partition coefficient (Wildman–Crippen LogP) is -3.85. The van der Waals surface area contributed by atoms with Gasteiger partial charge in [0.1, 0.15) is 0 Å². The minimum Gasteiger partial charge on any atom is -0.550 e. The van der Waals surface area contributed by atoms with Gasteiger partial charge >= 0.3 is 29.6 Å². The van der Waals surface area contributed by atoms with Gasteiger partial charge in [0, 0.05) is 29.2 Å². The summed E-state index contributed by atoms with van der Waals surface area (Å²) in [5.74, 6) is -1.45. The van der Waals surface area contributed by atoms with Crippen LogP contribution in [0.25, 0.3) is 0 Å². The molecule has 0 heterocycles. The van der Waals surface area contributed by atoms with E-state index in [0.29, 0.717) is 16.7 Å². The molecule has 0 bridgehead atoms. The smallest absolute Gasteiger partial charge is 0.550 e. The molecular weight excluding hydrogens is 297 g/mol. The van der Waals surface area contributed by atoms with Crippen LogP contribution in [0.4, 0.5) is 5.69 Å². The van der Waals surface area contributed by atoms with Crippen LogP contribution >= 0.6 is 0 Å². The largest absolute Gasteiger partial charge is 1.00 e. The Hall–Kier alpha value is -1.70. The summed E-state index contributed by atoms with van der Waals surface area (Å²) in [6.07, 6.45) is -0.304. The van der Waals surface area contributed by atoms with E-state index in [1.54, 1.807) is 42.5 Å². The fourth-order valence-electron chi connectivity index (χ4n) is 1.87. The molecule has 6 nitrogen and oxygen atoms in total. The zero-order valence-corrected chi connectivity index (χ0v) is 14.1. The topological polar surface area (TPSA) is 146 Å².